The zero-order chi connectivity index (χ0) is 14.9. The van der Waals surface area contributed by atoms with Crippen molar-refractivity contribution < 1.29 is 27.0 Å². The fourth-order valence-electron chi connectivity index (χ4n) is 2.65. The number of rotatable bonds is 16. The molecular weight excluding hydrogens is 336 g/mol. The average molecular weight is 374 g/mol. The largest absolute Gasteiger partial charge is 0.481 e. The zero-order valence-corrected chi connectivity index (χ0v) is 14.9. The Balaban J connectivity index is -0.00000180. The molecule has 0 saturated heterocycles. The van der Waals surface area contributed by atoms with Crippen LogP contribution in [0.15, 0.2) is 0 Å². The van der Waals surface area contributed by atoms with Crippen LogP contribution in [0.1, 0.15) is 110 Å². The Morgan fingerprint density at radius 1 is 0.636 bits per heavy atom. The number of aliphatic carboxylic acids is 1. The Labute approximate surface area is 165 Å². The van der Waals surface area contributed by atoms with Crippen LogP contribution in [0.3, 0.4) is 0 Å². The molecule has 1 N–H and O–H groups in total. The summed E-state index contributed by atoms with van der Waals surface area (Å²) in [7, 11) is 0. The van der Waals surface area contributed by atoms with Gasteiger partial charge in [-0.05, 0) is 6.42 Å². The van der Waals surface area contributed by atoms with Gasteiger partial charge in [0.05, 0.1) is 0 Å². The maximum absolute atomic E-state index is 10.3. The molecule has 0 heterocycles. The summed E-state index contributed by atoms with van der Waals surface area (Å²) in [5, 5.41) is 8.52. The first-order valence-electron chi connectivity index (χ1n) is 8.99. The van der Waals surface area contributed by atoms with Crippen molar-refractivity contribution in [2.75, 3.05) is 0 Å². The number of carbonyl (C=O) groups is 1. The number of unbranched alkanes of at least 4 members (excludes halogenated alkanes) is 14. The first kappa shape index (κ1) is 27.6. The van der Waals surface area contributed by atoms with Crippen molar-refractivity contribution in [1.29, 1.82) is 0 Å². The average Bonchev–Trinajstić information content (AvgIpc) is 2.43. The van der Waals surface area contributed by atoms with Gasteiger partial charge in [-0.2, -0.15) is 0 Å². The van der Waals surface area contributed by atoms with Crippen molar-refractivity contribution in [3.63, 3.8) is 0 Å². The fraction of sp³-hybridized carbons (Fsp3) is 0.944. The summed E-state index contributed by atoms with van der Waals surface area (Å²) in [4.78, 5) is 10.3. The Morgan fingerprint density at radius 2 is 0.909 bits per heavy atom. The Kier molecular flexibility index (Phi) is 30.1. The molecule has 22 heavy (non-hydrogen) atoms. The van der Waals surface area contributed by atoms with Crippen molar-refractivity contribution in [3.05, 3.63) is 0 Å². The summed E-state index contributed by atoms with van der Waals surface area (Å²) in [5.41, 5.74) is 0. The van der Waals surface area contributed by atoms with Crippen molar-refractivity contribution in [1.82, 2.24) is 0 Å². The van der Waals surface area contributed by atoms with Crippen molar-refractivity contribution in [2.24, 2.45) is 0 Å². The zero-order valence-electron chi connectivity index (χ0n) is 14.0. The summed E-state index contributed by atoms with van der Waals surface area (Å²) < 4.78 is 0. The second-order valence-corrected chi connectivity index (χ2v) is 6.09. The number of hydrogen-bond donors (Lipinski definition) is 1. The third kappa shape index (κ3) is 25.7. The third-order valence-electron chi connectivity index (χ3n) is 3.99. The molecule has 0 aliphatic heterocycles. The summed E-state index contributed by atoms with van der Waals surface area (Å²) in [5.74, 6) is -0.653. The van der Waals surface area contributed by atoms with E-state index >= 15 is 0 Å². The van der Waals surface area contributed by atoms with Gasteiger partial charge in [0.1, 0.15) is 0 Å². The van der Waals surface area contributed by atoms with Crippen LogP contribution in [0.25, 0.3) is 0 Å². The van der Waals surface area contributed by atoms with Crippen LogP contribution in [-0.2, 0) is 21.9 Å². The van der Waals surface area contributed by atoms with E-state index in [0.29, 0.717) is 6.42 Å². The van der Waals surface area contributed by atoms with Gasteiger partial charge in [-0.15, -0.1) is 0 Å². The van der Waals surface area contributed by atoms with E-state index in [1.165, 1.54) is 83.5 Å². The normalized spacial score (nSPS) is 9.86. The summed E-state index contributed by atoms with van der Waals surface area (Å²) in [6, 6.07) is 0. The van der Waals surface area contributed by atoms with Gasteiger partial charge in [-0.25, -0.2) is 0 Å². The van der Waals surface area contributed by atoms with Crippen LogP contribution >= 0.6 is 0 Å². The van der Waals surface area contributed by atoms with E-state index in [1.54, 1.807) is 0 Å². The molecule has 0 aliphatic rings. The quantitative estimate of drug-likeness (QED) is 0.290. The predicted molar refractivity (Wildman–Crippen MR) is 95.7 cm³/mol. The van der Waals surface area contributed by atoms with Crippen LogP contribution < -0.4 is 0 Å². The molecule has 0 rings (SSSR count). The summed E-state index contributed by atoms with van der Waals surface area (Å²) in [6.45, 7) is 2.27. The molecule has 0 aromatic rings. The smallest absolute Gasteiger partial charge is 0.316 e. The van der Waals surface area contributed by atoms with E-state index in [1.807, 2.05) is 0 Å². The molecule has 0 saturated carbocycles. The van der Waals surface area contributed by atoms with Gasteiger partial charge in [-0.1, -0.05) is 96.8 Å². The fourth-order valence-corrected chi connectivity index (χ4v) is 2.65. The maximum atomic E-state index is 10.3. The van der Waals surface area contributed by atoms with Gasteiger partial charge in [0, 0.05) is 23.5 Å². The SMILES string of the molecule is CCCCCCCCCCCCCCCCCC(=O)O.[Cu].[MgH2]. The van der Waals surface area contributed by atoms with Gasteiger partial charge in [0.25, 0.3) is 0 Å². The van der Waals surface area contributed by atoms with Crippen molar-refractivity contribution in [2.45, 2.75) is 110 Å². The number of carboxylic acids is 1. The molecule has 0 atom stereocenters. The standard InChI is InChI=1S/C18H36O2.Cu.Mg.2H/c1-2-3-4-5-6-7-8-9-10-11-12-13-14-15-16-17-18(19)20;;;;/h2-17H2,1H3,(H,19,20);;;;. The first-order chi connectivity index (χ1) is 9.77. The Bertz CT molecular complexity index is 213. The molecule has 1 radical (unpaired) electrons. The molecule has 0 aromatic carbocycles. The molecule has 0 fully saturated rings. The number of hydrogen-bond acceptors (Lipinski definition) is 1. The van der Waals surface area contributed by atoms with Gasteiger partial charge < -0.3 is 5.11 Å². The summed E-state index contributed by atoms with van der Waals surface area (Å²) >= 11 is 0. The minimum absolute atomic E-state index is 0. The second kappa shape index (κ2) is 24.0. The van der Waals surface area contributed by atoms with E-state index in [9.17, 15) is 4.79 Å². The molecule has 0 unspecified atom stereocenters. The van der Waals surface area contributed by atoms with E-state index < -0.39 is 5.97 Å². The monoisotopic (exact) mass is 373 g/mol. The number of carboxylic acid groups (broad SMARTS) is 1. The molecule has 0 bridgehead atoms. The van der Waals surface area contributed by atoms with Crippen LogP contribution in [-0.4, -0.2) is 34.1 Å². The van der Waals surface area contributed by atoms with E-state index in [0.717, 1.165) is 12.8 Å². The Hall–Kier alpha value is 0.756. The molecule has 0 aromatic heterocycles. The molecule has 135 valence electrons. The third-order valence-corrected chi connectivity index (χ3v) is 3.99. The van der Waals surface area contributed by atoms with E-state index in [-0.39, 0.29) is 40.1 Å². The van der Waals surface area contributed by atoms with Crippen molar-refractivity contribution >= 4 is 29.0 Å². The minimum Gasteiger partial charge on any atom is -0.481 e. The van der Waals surface area contributed by atoms with Gasteiger partial charge in [-0.3, -0.25) is 4.79 Å². The van der Waals surface area contributed by atoms with Crippen molar-refractivity contribution in [3.8, 4) is 0 Å². The summed E-state index contributed by atoms with van der Waals surface area (Å²) in [6.07, 6.45) is 20.2. The van der Waals surface area contributed by atoms with Gasteiger partial charge >= 0.3 is 29.0 Å². The van der Waals surface area contributed by atoms with E-state index in [4.69, 9.17) is 5.11 Å². The predicted octanol–water partition coefficient (Wildman–Crippen LogP) is 5.41. The molecular formula is C18H38CuMgO2. The van der Waals surface area contributed by atoms with Gasteiger partial charge in [0.2, 0.25) is 0 Å². The van der Waals surface area contributed by atoms with Crippen LogP contribution in [0, 0.1) is 0 Å². The van der Waals surface area contributed by atoms with Gasteiger partial charge in [0.15, 0.2) is 0 Å². The Morgan fingerprint density at radius 3 is 1.18 bits per heavy atom. The topological polar surface area (TPSA) is 37.3 Å². The first-order valence-corrected chi connectivity index (χ1v) is 8.99. The molecule has 4 heteroatoms. The van der Waals surface area contributed by atoms with E-state index in [2.05, 4.69) is 6.92 Å². The molecule has 0 spiro atoms. The van der Waals surface area contributed by atoms with Crippen LogP contribution in [0.4, 0.5) is 0 Å². The maximum Gasteiger partial charge on any atom is 0.316 e. The minimum atomic E-state index is -0.653. The van der Waals surface area contributed by atoms with Crippen LogP contribution in [0.5, 0.6) is 0 Å². The molecule has 2 nitrogen and oxygen atoms in total. The molecule has 0 amide bonds. The molecule has 0 aliphatic carbocycles. The second-order valence-electron chi connectivity index (χ2n) is 6.09. The van der Waals surface area contributed by atoms with Crippen LogP contribution in [0.2, 0.25) is 0 Å².